The Hall–Kier alpha value is -0.860. The van der Waals surface area contributed by atoms with E-state index in [2.05, 4.69) is 0 Å². The van der Waals surface area contributed by atoms with E-state index in [0.29, 0.717) is 12.3 Å². The van der Waals surface area contributed by atoms with Gasteiger partial charge >= 0.3 is 5.97 Å². The second-order valence-corrected chi connectivity index (χ2v) is 4.82. The van der Waals surface area contributed by atoms with Crippen molar-refractivity contribution in [2.45, 2.75) is 32.1 Å². The van der Waals surface area contributed by atoms with Crippen molar-refractivity contribution in [2.24, 2.45) is 16.7 Å². The van der Waals surface area contributed by atoms with Crippen molar-refractivity contribution in [3.05, 3.63) is 0 Å². The van der Waals surface area contributed by atoms with Crippen LogP contribution in [0.1, 0.15) is 32.1 Å². The molecule has 1 spiro atoms. The van der Waals surface area contributed by atoms with Gasteiger partial charge in [-0.05, 0) is 30.6 Å². The summed E-state index contributed by atoms with van der Waals surface area (Å²) < 4.78 is 4.82. The zero-order valence-electron chi connectivity index (χ0n) is 8.34. The minimum Gasteiger partial charge on any atom is -0.468 e. The van der Waals surface area contributed by atoms with E-state index in [1.54, 1.807) is 0 Å². The van der Waals surface area contributed by atoms with Crippen LogP contribution in [-0.4, -0.2) is 18.9 Å². The molecule has 0 bridgehead atoms. The van der Waals surface area contributed by atoms with Crippen LogP contribution in [0.25, 0.3) is 0 Å². The van der Waals surface area contributed by atoms with Crippen LogP contribution in [-0.2, 0) is 14.3 Å². The largest absolute Gasteiger partial charge is 0.468 e. The second-order valence-electron chi connectivity index (χ2n) is 4.82. The summed E-state index contributed by atoms with van der Waals surface area (Å²) >= 11 is 0. The molecule has 0 aromatic rings. The number of ketones is 1. The Morgan fingerprint density at radius 3 is 2.93 bits per heavy atom. The third kappa shape index (κ3) is 0.562. The van der Waals surface area contributed by atoms with Crippen LogP contribution < -0.4 is 0 Å². The van der Waals surface area contributed by atoms with E-state index >= 15 is 0 Å². The summed E-state index contributed by atoms with van der Waals surface area (Å²) in [5, 5.41) is 0. The number of carbonyl (C=O) groups excluding carboxylic acids is 2. The minimum absolute atomic E-state index is 0.0389. The van der Waals surface area contributed by atoms with E-state index in [1.807, 2.05) is 0 Å². The third-order valence-corrected chi connectivity index (χ3v) is 4.75. The smallest absolute Gasteiger partial charge is 0.320 e. The van der Waals surface area contributed by atoms with E-state index in [0.717, 1.165) is 19.3 Å². The van der Waals surface area contributed by atoms with Crippen LogP contribution in [0.4, 0.5) is 0 Å². The van der Waals surface area contributed by atoms with Crippen molar-refractivity contribution in [1.82, 2.24) is 0 Å². The molecule has 3 aliphatic rings. The number of carbonyl (C=O) groups is 2. The maximum absolute atomic E-state index is 11.8. The molecule has 0 radical (unpaired) electrons. The molecule has 3 aliphatic carbocycles. The Kier molecular flexibility index (Phi) is 1.33. The van der Waals surface area contributed by atoms with Crippen LogP contribution in [0.2, 0.25) is 0 Å². The van der Waals surface area contributed by atoms with Crippen LogP contribution >= 0.6 is 0 Å². The molecule has 0 amide bonds. The summed E-state index contributed by atoms with van der Waals surface area (Å²) in [6.45, 7) is 0. The number of fused-ring (bicyclic) bond motifs is 1. The Balaban J connectivity index is 2.06. The van der Waals surface area contributed by atoms with Crippen molar-refractivity contribution >= 4 is 11.8 Å². The van der Waals surface area contributed by atoms with Crippen molar-refractivity contribution in [2.75, 3.05) is 7.11 Å². The summed E-state index contributed by atoms with van der Waals surface area (Å²) in [5.74, 6) is 0.211. The van der Waals surface area contributed by atoms with E-state index in [4.69, 9.17) is 4.74 Å². The van der Waals surface area contributed by atoms with Crippen molar-refractivity contribution in [3.8, 4) is 0 Å². The van der Waals surface area contributed by atoms with Gasteiger partial charge in [-0.2, -0.15) is 0 Å². The maximum atomic E-state index is 11.8. The van der Waals surface area contributed by atoms with Gasteiger partial charge in [0.2, 0.25) is 0 Å². The standard InChI is InChI=1S/C11H14O3/c1-14-9(13)11-7-3-2-5-10(7,11)6-4-8(11)12/h7H,2-6H2,1H3. The first-order chi connectivity index (χ1) is 6.70. The molecule has 0 aliphatic heterocycles. The molecule has 3 fully saturated rings. The number of hydrogen-bond donors (Lipinski definition) is 0. The Morgan fingerprint density at radius 1 is 1.50 bits per heavy atom. The summed E-state index contributed by atoms with van der Waals surface area (Å²) in [6, 6.07) is 0. The average molecular weight is 194 g/mol. The SMILES string of the molecule is COC(=O)C12C(=O)CCC13CCCC32. The monoisotopic (exact) mass is 194 g/mol. The normalized spacial score (nSPS) is 48.6. The molecule has 0 aromatic carbocycles. The molecule has 3 nitrogen and oxygen atoms in total. The van der Waals surface area contributed by atoms with Gasteiger partial charge < -0.3 is 4.74 Å². The molecule has 3 unspecified atom stereocenters. The van der Waals surface area contributed by atoms with Crippen LogP contribution in [0.3, 0.4) is 0 Å². The highest BCUT2D eigenvalue weighted by Crippen LogP contribution is 2.82. The number of ether oxygens (including phenoxy) is 1. The second kappa shape index (κ2) is 2.20. The van der Waals surface area contributed by atoms with E-state index < -0.39 is 5.41 Å². The van der Waals surface area contributed by atoms with Gasteiger partial charge in [-0.15, -0.1) is 0 Å². The topological polar surface area (TPSA) is 43.4 Å². The first-order valence-electron chi connectivity index (χ1n) is 5.32. The lowest BCUT2D eigenvalue weighted by molar-refractivity contribution is -0.152. The molecule has 14 heavy (non-hydrogen) atoms. The van der Waals surface area contributed by atoms with Gasteiger partial charge in [0.05, 0.1) is 7.11 Å². The molecule has 0 heterocycles. The molecule has 0 N–H and O–H groups in total. The molecule has 0 saturated heterocycles. The Labute approximate surface area is 82.8 Å². The highest BCUT2D eigenvalue weighted by Gasteiger charge is 2.87. The van der Waals surface area contributed by atoms with Gasteiger partial charge in [0.1, 0.15) is 5.41 Å². The zero-order valence-corrected chi connectivity index (χ0v) is 8.34. The number of rotatable bonds is 1. The van der Waals surface area contributed by atoms with Crippen molar-refractivity contribution in [3.63, 3.8) is 0 Å². The zero-order chi connectivity index (χ0) is 9.97. The van der Waals surface area contributed by atoms with Gasteiger partial charge in [0.25, 0.3) is 0 Å². The van der Waals surface area contributed by atoms with Gasteiger partial charge in [-0.3, -0.25) is 9.59 Å². The van der Waals surface area contributed by atoms with E-state index in [-0.39, 0.29) is 17.2 Å². The van der Waals surface area contributed by atoms with Gasteiger partial charge in [0, 0.05) is 6.42 Å². The lowest BCUT2D eigenvalue weighted by atomic mass is 9.90. The lowest BCUT2D eigenvalue weighted by Gasteiger charge is -2.14. The van der Waals surface area contributed by atoms with Crippen molar-refractivity contribution < 1.29 is 14.3 Å². The van der Waals surface area contributed by atoms with Gasteiger partial charge in [0.15, 0.2) is 5.78 Å². The van der Waals surface area contributed by atoms with Gasteiger partial charge in [-0.25, -0.2) is 0 Å². The summed E-state index contributed by atoms with van der Waals surface area (Å²) in [4.78, 5) is 23.6. The van der Waals surface area contributed by atoms with Crippen LogP contribution in [0, 0.1) is 16.7 Å². The number of Topliss-reactive ketones (excluding diaryl/α,β-unsaturated/α-hetero) is 1. The fraction of sp³-hybridized carbons (Fsp3) is 0.818. The predicted molar refractivity (Wildman–Crippen MR) is 48.5 cm³/mol. The molecule has 76 valence electrons. The van der Waals surface area contributed by atoms with Gasteiger partial charge in [-0.1, -0.05) is 6.42 Å². The molecule has 3 rings (SSSR count). The van der Waals surface area contributed by atoms with Crippen LogP contribution in [0.15, 0.2) is 0 Å². The molecule has 3 saturated carbocycles. The Bertz CT molecular complexity index is 335. The summed E-state index contributed by atoms with van der Waals surface area (Å²) in [5.41, 5.74) is -0.642. The van der Waals surface area contributed by atoms with Crippen molar-refractivity contribution in [1.29, 1.82) is 0 Å². The number of esters is 1. The number of hydrogen-bond acceptors (Lipinski definition) is 3. The fourth-order valence-electron chi connectivity index (χ4n) is 4.29. The first kappa shape index (κ1) is 8.45. The highest BCUT2D eigenvalue weighted by atomic mass is 16.5. The van der Waals surface area contributed by atoms with E-state index in [9.17, 15) is 9.59 Å². The quantitative estimate of drug-likeness (QED) is 0.467. The van der Waals surface area contributed by atoms with Crippen LogP contribution in [0.5, 0.6) is 0 Å². The number of methoxy groups -OCH3 is 1. The third-order valence-electron chi connectivity index (χ3n) is 4.75. The summed E-state index contributed by atoms with van der Waals surface area (Å²) in [6.07, 6.45) is 4.78. The fourth-order valence-corrected chi connectivity index (χ4v) is 4.29. The Morgan fingerprint density at radius 2 is 2.29 bits per heavy atom. The average Bonchev–Trinajstić information content (AvgIpc) is 2.54. The molecular weight excluding hydrogens is 180 g/mol. The molecule has 0 aromatic heterocycles. The predicted octanol–water partition coefficient (Wildman–Crippen LogP) is 1.31. The summed E-state index contributed by atoms with van der Waals surface area (Å²) in [7, 11) is 1.39. The maximum Gasteiger partial charge on any atom is 0.320 e. The van der Waals surface area contributed by atoms with E-state index in [1.165, 1.54) is 13.5 Å². The molecule has 3 heteroatoms. The molecule has 3 atom stereocenters. The first-order valence-corrected chi connectivity index (χ1v) is 5.32. The molecular formula is C11H14O3. The lowest BCUT2D eigenvalue weighted by Crippen LogP contribution is -2.30. The minimum atomic E-state index is -0.681. The highest BCUT2D eigenvalue weighted by molar-refractivity contribution is 6.11.